The van der Waals surface area contributed by atoms with Crippen LogP contribution >= 0.6 is 0 Å². The number of nitrogens with two attached hydrogens (primary N) is 2. The summed E-state index contributed by atoms with van der Waals surface area (Å²) in [5.41, 5.74) is 13.8. The standard InChI is InChI=1S/C9H11N5/c1-5-4-6(10)2-3-7(5)8-12-9(11)14-13-8/h2-4H,10H2,1H3,(H3,11,12,13,14). The lowest BCUT2D eigenvalue weighted by molar-refractivity contribution is 1.10. The van der Waals surface area contributed by atoms with Crippen molar-refractivity contribution in [2.45, 2.75) is 6.92 Å². The molecule has 1 aromatic carbocycles. The number of nitrogens with one attached hydrogen (secondary N) is 1. The van der Waals surface area contributed by atoms with E-state index in [4.69, 9.17) is 11.5 Å². The number of hydrogen-bond acceptors (Lipinski definition) is 4. The lowest BCUT2D eigenvalue weighted by Gasteiger charge is -2.02. The minimum atomic E-state index is 0.247. The van der Waals surface area contributed by atoms with Crippen LogP contribution in [0.15, 0.2) is 18.2 Å². The van der Waals surface area contributed by atoms with Crippen LogP contribution in [0.5, 0.6) is 0 Å². The lowest BCUT2D eigenvalue weighted by Crippen LogP contribution is -1.90. The van der Waals surface area contributed by atoms with Gasteiger partial charge in [0.2, 0.25) is 5.95 Å². The lowest BCUT2D eigenvalue weighted by atomic mass is 10.1. The van der Waals surface area contributed by atoms with E-state index in [1.807, 2.05) is 25.1 Å². The van der Waals surface area contributed by atoms with Crippen LogP contribution in [0.2, 0.25) is 0 Å². The zero-order valence-electron chi connectivity index (χ0n) is 7.78. The zero-order chi connectivity index (χ0) is 10.1. The molecule has 0 aliphatic heterocycles. The summed E-state index contributed by atoms with van der Waals surface area (Å²) < 4.78 is 0. The van der Waals surface area contributed by atoms with Crippen LogP contribution in [-0.4, -0.2) is 15.2 Å². The average Bonchev–Trinajstić information content (AvgIpc) is 2.51. The first-order valence-corrected chi connectivity index (χ1v) is 4.21. The number of H-pyrrole nitrogens is 1. The Kier molecular flexibility index (Phi) is 1.85. The molecule has 0 spiro atoms. The molecule has 0 radical (unpaired) electrons. The summed E-state index contributed by atoms with van der Waals surface area (Å²) in [6, 6.07) is 5.60. The summed E-state index contributed by atoms with van der Waals surface area (Å²) in [6.45, 7) is 1.96. The Bertz CT molecular complexity index is 460. The molecule has 0 aliphatic rings. The summed E-state index contributed by atoms with van der Waals surface area (Å²) in [5, 5.41) is 6.52. The van der Waals surface area contributed by atoms with E-state index in [-0.39, 0.29) is 5.95 Å². The van der Waals surface area contributed by atoms with E-state index in [0.29, 0.717) is 5.82 Å². The van der Waals surface area contributed by atoms with Gasteiger partial charge in [0.1, 0.15) is 0 Å². The molecule has 0 unspecified atom stereocenters. The highest BCUT2D eigenvalue weighted by atomic mass is 15.3. The van der Waals surface area contributed by atoms with Gasteiger partial charge in [0.25, 0.3) is 0 Å². The number of nitrogen functional groups attached to an aromatic ring is 2. The summed E-state index contributed by atoms with van der Waals surface area (Å²) in [5.74, 6) is 0.913. The van der Waals surface area contributed by atoms with Crippen LogP contribution in [0, 0.1) is 6.92 Å². The van der Waals surface area contributed by atoms with E-state index >= 15 is 0 Å². The number of hydrogen-bond donors (Lipinski definition) is 3. The summed E-state index contributed by atoms with van der Waals surface area (Å²) in [7, 11) is 0. The molecule has 72 valence electrons. The van der Waals surface area contributed by atoms with Gasteiger partial charge in [-0.3, -0.25) is 5.10 Å². The van der Waals surface area contributed by atoms with Crippen LogP contribution in [-0.2, 0) is 0 Å². The van der Waals surface area contributed by atoms with Crippen LogP contribution < -0.4 is 11.5 Å². The number of rotatable bonds is 1. The second-order valence-electron chi connectivity index (χ2n) is 3.12. The number of aryl methyl sites for hydroxylation is 1. The molecule has 0 aliphatic carbocycles. The number of aromatic nitrogens is 3. The fourth-order valence-corrected chi connectivity index (χ4v) is 1.35. The minimum Gasteiger partial charge on any atom is -0.399 e. The average molecular weight is 189 g/mol. The molecule has 5 nitrogen and oxygen atoms in total. The Morgan fingerprint density at radius 1 is 1.29 bits per heavy atom. The van der Waals surface area contributed by atoms with Crippen LogP contribution in [0.3, 0.4) is 0 Å². The van der Waals surface area contributed by atoms with Gasteiger partial charge in [-0.25, -0.2) is 0 Å². The molecular weight excluding hydrogens is 178 g/mol. The molecule has 5 N–H and O–H groups in total. The number of anilines is 2. The predicted molar refractivity (Wildman–Crippen MR) is 55.4 cm³/mol. The Balaban J connectivity index is 2.52. The van der Waals surface area contributed by atoms with Gasteiger partial charge < -0.3 is 11.5 Å². The van der Waals surface area contributed by atoms with Crippen molar-refractivity contribution < 1.29 is 0 Å². The Morgan fingerprint density at radius 2 is 2.07 bits per heavy atom. The normalized spacial score (nSPS) is 10.4. The number of nitrogens with zero attached hydrogens (tertiary/aromatic N) is 2. The van der Waals surface area contributed by atoms with Crippen molar-refractivity contribution in [2.75, 3.05) is 11.5 Å². The third-order valence-corrected chi connectivity index (χ3v) is 2.01. The van der Waals surface area contributed by atoms with Crippen LogP contribution in [0.25, 0.3) is 11.4 Å². The first kappa shape index (κ1) is 8.55. The smallest absolute Gasteiger partial charge is 0.239 e. The van der Waals surface area contributed by atoms with Crippen molar-refractivity contribution >= 4 is 11.6 Å². The number of aromatic amines is 1. The fourth-order valence-electron chi connectivity index (χ4n) is 1.35. The fraction of sp³-hybridized carbons (Fsp3) is 0.111. The first-order chi connectivity index (χ1) is 6.66. The maximum Gasteiger partial charge on any atom is 0.239 e. The van der Waals surface area contributed by atoms with Gasteiger partial charge in [0.05, 0.1) is 0 Å². The van der Waals surface area contributed by atoms with Gasteiger partial charge in [-0.1, -0.05) is 0 Å². The van der Waals surface area contributed by atoms with Gasteiger partial charge in [0.15, 0.2) is 5.82 Å². The highest BCUT2D eigenvalue weighted by Crippen LogP contribution is 2.21. The van der Waals surface area contributed by atoms with Gasteiger partial charge in [-0.2, -0.15) is 4.98 Å². The molecule has 0 amide bonds. The van der Waals surface area contributed by atoms with E-state index in [1.54, 1.807) is 0 Å². The van der Waals surface area contributed by atoms with E-state index in [0.717, 1.165) is 16.8 Å². The molecule has 1 aromatic heterocycles. The third kappa shape index (κ3) is 1.39. The molecule has 0 atom stereocenters. The van der Waals surface area contributed by atoms with E-state index < -0.39 is 0 Å². The second-order valence-corrected chi connectivity index (χ2v) is 3.12. The highest BCUT2D eigenvalue weighted by Gasteiger charge is 2.06. The SMILES string of the molecule is Cc1cc(N)ccc1-c1nc(N)n[nH]1. The van der Waals surface area contributed by atoms with Crippen LogP contribution in [0.1, 0.15) is 5.56 Å². The van der Waals surface area contributed by atoms with Gasteiger partial charge in [0, 0.05) is 11.3 Å². The van der Waals surface area contributed by atoms with Crippen molar-refractivity contribution in [1.29, 1.82) is 0 Å². The quantitative estimate of drug-likeness (QED) is 0.582. The molecule has 14 heavy (non-hydrogen) atoms. The topological polar surface area (TPSA) is 93.6 Å². The Labute approximate surface area is 81.2 Å². The highest BCUT2D eigenvalue weighted by molar-refractivity contribution is 5.64. The molecule has 0 fully saturated rings. The van der Waals surface area contributed by atoms with E-state index in [1.165, 1.54) is 0 Å². The first-order valence-electron chi connectivity index (χ1n) is 4.21. The molecule has 1 heterocycles. The predicted octanol–water partition coefficient (Wildman–Crippen LogP) is 0.945. The third-order valence-electron chi connectivity index (χ3n) is 2.01. The Hall–Kier alpha value is -2.04. The van der Waals surface area contributed by atoms with E-state index in [2.05, 4.69) is 15.2 Å². The van der Waals surface area contributed by atoms with Crippen LogP contribution in [0.4, 0.5) is 11.6 Å². The van der Waals surface area contributed by atoms with Crippen molar-refractivity contribution in [3.8, 4) is 11.4 Å². The molecule has 5 heteroatoms. The molecule has 0 saturated heterocycles. The van der Waals surface area contributed by atoms with Crippen molar-refractivity contribution in [3.05, 3.63) is 23.8 Å². The van der Waals surface area contributed by atoms with Crippen molar-refractivity contribution in [3.63, 3.8) is 0 Å². The van der Waals surface area contributed by atoms with Gasteiger partial charge in [-0.15, -0.1) is 5.10 Å². The summed E-state index contributed by atoms with van der Waals surface area (Å²) in [4.78, 5) is 4.04. The van der Waals surface area contributed by atoms with Gasteiger partial charge in [-0.05, 0) is 30.7 Å². The zero-order valence-corrected chi connectivity index (χ0v) is 7.78. The summed E-state index contributed by atoms with van der Waals surface area (Å²) in [6.07, 6.45) is 0. The Morgan fingerprint density at radius 3 is 2.64 bits per heavy atom. The molecule has 2 aromatic rings. The maximum absolute atomic E-state index is 5.64. The van der Waals surface area contributed by atoms with Crippen molar-refractivity contribution in [1.82, 2.24) is 15.2 Å². The maximum atomic E-state index is 5.64. The minimum absolute atomic E-state index is 0.247. The largest absolute Gasteiger partial charge is 0.399 e. The second kappa shape index (κ2) is 3.02. The molecule has 0 bridgehead atoms. The number of benzene rings is 1. The molecule has 0 saturated carbocycles. The van der Waals surface area contributed by atoms with Crippen molar-refractivity contribution in [2.24, 2.45) is 0 Å². The molecule has 2 rings (SSSR count). The van der Waals surface area contributed by atoms with E-state index in [9.17, 15) is 0 Å². The molecular formula is C9H11N5. The summed E-state index contributed by atoms with van der Waals surface area (Å²) >= 11 is 0. The monoisotopic (exact) mass is 189 g/mol. The van der Waals surface area contributed by atoms with Gasteiger partial charge >= 0.3 is 0 Å².